The van der Waals surface area contributed by atoms with Crippen molar-refractivity contribution in [2.75, 3.05) is 0 Å². The Hall–Kier alpha value is -0.0700. The van der Waals surface area contributed by atoms with Crippen LogP contribution in [0.25, 0.3) is 0 Å². The van der Waals surface area contributed by atoms with Crippen LogP contribution in [0.2, 0.25) is 0 Å². The second kappa shape index (κ2) is 4.84. The molecular weight excluding hydrogens is 151 g/mol. The summed E-state index contributed by atoms with van der Waals surface area (Å²) in [6.45, 7) is 10.1. The fourth-order valence-corrected chi connectivity index (χ4v) is 2.27. The predicted octanol–water partition coefficient (Wildman–Crippen LogP) is 4.20. The first-order chi connectivity index (χ1) is 5.45. The summed E-state index contributed by atoms with van der Waals surface area (Å²) < 4.78 is 14.0. The Morgan fingerprint density at radius 3 is 2.00 bits per heavy atom. The minimum Gasteiger partial charge on any atom is -0.244 e. The van der Waals surface area contributed by atoms with Gasteiger partial charge in [0.15, 0.2) is 0 Å². The average Bonchev–Trinajstić information content (AvgIpc) is 1.86. The third-order valence-corrected chi connectivity index (χ3v) is 2.76. The van der Waals surface area contributed by atoms with Crippen molar-refractivity contribution in [3.63, 3.8) is 0 Å². The van der Waals surface area contributed by atoms with Crippen LogP contribution in [0.1, 0.15) is 53.9 Å². The first kappa shape index (κ1) is 11.9. The SMILES string of the molecule is CCC[C@](C)(F)C(CC)C(C)C. The summed E-state index contributed by atoms with van der Waals surface area (Å²) in [4.78, 5) is 0. The number of hydrogen-bond acceptors (Lipinski definition) is 0. The van der Waals surface area contributed by atoms with Gasteiger partial charge in [-0.2, -0.15) is 0 Å². The van der Waals surface area contributed by atoms with Crippen molar-refractivity contribution in [1.29, 1.82) is 0 Å². The predicted molar refractivity (Wildman–Crippen MR) is 53.0 cm³/mol. The van der Waals surface area contributed by atoms with Crippen molar-refractivity contribution in [1.82, 2.24) is 0 Å². The molecule has 0 saturated carbocycles. The maximum atomic E-state index is 14.0. The summed E-state index contributed by atoms with van der Waals surface area (Å²) in [6, 6.07) is 0. The average molecular weight is 174 g/mol. The molecule has 0 aromatic carbocycles. The molecule has 1 unspecified atom stereocenters. The minimum absolute atomic E-state index is 0.220. The second-order valence-electron chi connectivity index (χ2n) is 4.29. The Labute approximate surface area is 76.6 Å². The van der Waals surface area contributed by atoms with Crippen molar-refractivity contribution in [2.45, 2.75) is 59.5 Å². The van der Waals surface area contributed by atoms with Crippen LogP contribution in [0.5, 0.6) is 0 Å². The fourth-order valence-electron chi connectivity index (χ4n) is 2.27. The van der Waals surface area contributed by atoms with E-state index in [1.54, 1.807) is 6.92 Å². The van der Waals surface area contributed by atoms with E-state index in [9.17, 15) is 4.39 Å². The van der Waals surface area contributed by atoms with Crippen LogP contribution in [-0.4, -0.2) is 5.67 Å². The zero-order chi connectivity index (χ0) is 9.78. The summed E-state index contributed by atoms with van der Waals surface area (Å²) in [5.74, 6) is 0.675. The van der Waals surface area contributed by atoms with Gasteiger partial charge in [0.05, 0.1) is 0 Å². The monoisotopic (exact) mass is 174 g/mol. The molecule has 0 radical (unpaired) electrons. The van der Waals surface area contributed by atoms with E-state index in [1.807, 2.05) is 6.92 Å². The molecule has 74 valence electrons. The molecule has 0 aliphatic carbocycles. The van der Waals surface area contributed by atoms with E-state index in [1.165, 1.54) is 0 Å². The van der Waals surface area contributed by atoms with E-state index >= 15 is 0 Å². The molecule has 0 amide bonds. The van der Waals surface area contributed by atoms with Crippen LogP contribution in [0, 0.1) is 11.8 Å². The van der Waals surface area contributed by atoms with Crippen LogP contribution in [0.4, 0.5) is 4.39 Å². The Balaban J connectivity index is 4.25. The Kier molecular flexibility index (Phi) is 4.81. The fraction of sp³-hybridized carbons (Fsp3) is 1.00. The van der Waals surface area contributed by atoms with Gasteiger partial charge in [0.1, 0.15) is 5.67 Å². The van der Waals surface area contributed by atoms with Gasteiger partial charge in [-0.3, -0.25) is 0 Å². The Morgan fingerprint density at radius 1 is 1.25 bits per heavy atom. The van der Waals surface area contributed by atoms with Crippen molar-refractivity contribution in [3.05, 3.63) is 0 Å². The highest BCUT2D eigenvalue weighted by molar-refractivity contribution is 4.83. The highest BCUT2D eigenvalue weighted by atomic mass is 19.1. The molecule has 0 fully saturated rings. The zero-order valence-corrected chi connectivity index (χ0v) is 9.15. The summed E-state index contributed by atoms with van der Waals surface area (Å²) in [5, 5.41) is 0. The van der Waals surface area contributed by atoms with Gasteiger partial charge in [0.25, 0.3) is 0 Å². The first-order valence-electron chi connectivity index (χ1n) is 5.14. The van der Waals surface area contributed by atoms with Crippen molar-refractivity contribution >= 4 is 0 Å². The van der Waals surface area contributed by atoms with Crippen LogP contribution in [-0.2, 0) is 0 Å². The van der Waals surface area contributed by atoms with E-state index in [4.69, 9.17) is 0 Å². The third kappa shape index (κ3) is 3.12. The molecule has 1 heteroatoms. The zero-order valence-electron chi connectivity index (χ0n) is 9.15. The quantitative estimate of drug-likeness (QED) is 0.586. The van der Waals surface area contributed by atoms with Gasteiger partial charge in [0.2, 0.25) is 0 Å². The molecule has 12 heavy (non-hydrogen) atoms. The van der Waals surface area contributed by atoms with Gasteiger partial charge in [-0.05, 0) is 25.2 Å². The lowest BCUT2D eigenvalue weighted by Gasteiger charge is -2.32. The summed E-state index contributed by atoms with van der Waals surface area (Å²) in [6.07, 6.45) is 2.59. The van der Waals surface area contributed by atoms with Crippen LogP contribution < -0.4 is 0 Å². The molecule has 0 rings (SSSR count). The summed E-state index contributed by atoms with van der Waals surface area (Å²) in [5.41, 5.74) is -0.961. The highest BCUT2D eigenvalue weighted by Crippen LogP contribution is 2.34. The normalized spacial score (nSPS) is 19.2. The number of alkyl halides is 1. The van der Waals surface area contributed by atoms with Crippen LogP contribution >= 0.6 is 0 Å². The molecule has 0 bridgehead atoms. The molecule has 0 aromatic rings. The summed E-state index contributed by atoms with van der Waals surface area (Å²) >= 11 is 0. The van der Waals surface area contributed by atoms with E-state index in [-0.39, 0.29) is 5.92 Å². The van der Waals surface area contributed by atoms with Gasteiger partial charge >= 0.3 is 0 Å². The molecule has 2 atom stereocenters. The van der Waals surface area contributed by atoms with E-state index in [0.29, 0.717) is 12.3 Å². The second-order valence-corrected chi connectivity index (χ2v) is 4.29. The lowest BCUT2D eigenvalue weighted by atomic mass is 9.78. The number of hydrogen-bond donors (Lipinski definition) is 0. The Morgan fingerprint density at radius 2 is 1.75 bits per heavy atom. The minimum atomic E-state index is -0.961. The topological polar surface area (TPSA) is 0 Å². The lowest BCUT2D eigenvalue weighted by molar-refractivity contribution is 0.0580. The van der Waals surface area contributed by atoms with E-state index in [0.717, 1.165) is 12.8 Å². The van der Waals surface area contributed by atoms with Gasteiger partial charge in [-0.1, -0.05) is 40.5 Å². The largest absolute Gasteiger partial charge is 0.244 e. The smallest absolute Gasteiger partial charge is 0.111 e. The van der Waals surface area contributed by atoms with Gasteiger partial charge < -0.3 is 0 Å². The van der Waals surface area contributed by atoms with E-state index < -0.39 is 5.67 Å². The molecule has 0 heterocycles. The number of rotatable bonds is 5. The van der Waals surface area contributed by atoms with Gasteiger partial charge in [-0.25, -0.2) is 4.39 Å². The van der Waals surface area contributed by atoms with E-state index in [2.05, 4.69) is 20.8 Å². The molecule has 0 aliphatic rings. The van der Waals surface area contributed by atoms with Crippen molar-refractivity contribution in [3.8, 4) is 0 Å². The molecule has 0 nitrogen and oxygen atoms in total. The summed E-state index contributed by atoms with van der Waals surface area (Å²) in [7, 11) is 0. The third-order valence-electron chi connectivity index (χ3n) is 2.76. The highest BCUT2D eigenvalue weighted by Gasteiger charge is 2.33. The lowest BCUT2D eigenvalue weighted by Crippen LogP contribution is -2.32. The molecule has 0 spiro atoms. The standard InChI is InChI=1S/C11H23F/c1-6-8-11(5,12)10(7-2)9(3)4/h9-10H,6-8H2,1-5H3/t10?,11-/m0/s1. The van der Waals surface area contributed by atoms with Crippen LogP contribution in [0.15, 0.2) is 0 Å². The Bertz CT molecular complexity index is 116. The van der Waals surface area contributed by atoms with Gasteiger partial charge in [0, 0.05) is 0 Å². The van der Waals surface area contributed by atoms with Gasteiger partial charge in [-0.15, -0.1) is 0 Å². The molecular formula is C11H23F. The maximum Gasteiger partial charge on any atom is 0.111 e. The number of halogens is 1. The van der Waals surface area contributed by atoms with Crippen molar-refractivity contribution in [2.24, 2.45) is 11.8 Å². The van der Waals surface area contributed by atoms with Crippen LogP contribution in [0.3, 0.4) is 0 Å². The molecule has 0 saturated heterocycles. The molecule has 0 aliphatic heterocycles. The molecule has 0 N–H and O–H groups in total. The molecule has 0 aromatic heterocycles. The first-order valence-corrected chi connectivity index (χ1v) is 5.14. The van der Waals surface area contributed by atoms with Crippen molar-refractivity contribution < 1.29 is 4.39 Å². The maximum absolute atomic E-state index is 14.0.